The van der Waals surface area contributed by atoms with Crippen LogP contribution in [0.1, 0.15) is 11.6 Å². The van der Waals surface area contributed by atoms with Crippen LogP contribution in [0.3, 0.4) is 0 Å². The van der Waals surface area contributed by atoms with Gasteiger partial charge in [0.2, 0.25) is 0 Å². The number of para-hydroxylation sites is 2. The molecule has 0 radical (unpaired) electrons. The lowest BCUT2D eigenvalue weighted by Crippen LogP contribution is -2.37. The van der Waals surface area contributed by atoms with Gasteiger partial charge in [0.25, 0.3) is 0 Å². The lowest BCUT2D eigenvalue weighted by molar-refractivity contribution is 0.122. The summed E-state index contributed by atoms with van der Waals surface area (Å²) in [6, 6.07) is 11.5. The van der Waals surface area contributed by atoms with Crippen molar-refractivity contribution in [1.29, 1.82) is 10.5 Å². The van der Waals surface area contributed by atoms with E-state index in [1.54, 1.807) is 0 Å². The summed E-state index contributed by atoms with van der Waals surface area (Å²) in [5.41, 5.74) is 1.89. The van der Waals surface area contributed by atoms with E-state index >= 15 is 0 Å². The molecule has 0 N–H and O–H groups in total. The van der Waals surface area contributed by atoms with E-state index in [0.29, 0.717) is 43.3 Å². The zero-order chi connectivity index (χ0) is 14.7. The van der Waals surface area contributed by atoms with Crippen molar-refractivity contribution in [2.75, 3.05) is 31.2 Å². The molecule has 1 saturated heterocycles. The molecule has 2 heterocycles. The number of rotatable bonds is 2. The van der Waals surface area contributed by atoms with E-state index < -0.39 is 5.92 Å². The van der Waals surface area contributed by atoms with Gasteiger partial charge in [-0.2, -0.15) is 10.5 Å². The molecule has 2 aromatic rings. The average molecular weight is 279 g/mol. The molecule has 21 heavy (non-hydrogen) atoms. The molecule has 0 atom stereocenters. The monoisotopic (exact) mass is 279 g/mol. The maximum absolute atomic E-state index is 9.19. The Bertz CT molecular complexity index is 726. The van der Waals surface area contributed by atoms with Gasteiger partial charge >= 0.3 is 0 Å². The lowest BCUT2D eigenvalue weighted by atomic mass is 10.1. The topological polar surface area (TPSA) is 85.8 Å². The summed E-state index contributed by atoms with van der Waals surface area (Å²) in [4.78, 5) is 11.2. The fraction of sp³-hybridized carbons (Fsp3) is 0.333. The van der Waals surface area contributed by atoms with Crippen LogP contribution >= 0.6 is 0 Å². The molecule has 1 aromatic heterocycles. The van der Waals surface area contributed by atoms with Crippen LogP contribution in [0.15, 0.2) is 24.3 Å². The molecule has 1 aliphatic rings. The highest BCUT2D eigenvalue weighted by Gasteiger charge is 2.24. The maximum atomic E-state index is 9.19. The van der Waals surface area contributed by atoms with Gasteiger partial charge in [0.05, 0.1) is 36.4 Å². The van der Waals surface area contributed by atoms with Crippen molar-refractivity contribution in [3.63, 3.8) is 0 Å². The molecule has 0 bridgehead atoms. The van der Waals surface area contributed by atoms with E-state index in [1.165, 1.54) is 0 Å². The first-order chi connectivity index (χ1) is 10.3. The zero-order valence-corrected chi connectivity index (χ0v) is 11.4. The van der Waals surface area contributed by atoms with E-state index in [-0.39, 0.29) is 0 Å². The van der Waals surface area contributed by atoms with Crippen molar-refractivity contribution >= 4 is 16.9 Å². The molecule has 1 aliphatic heterocycles. The van der Waals surface area contributed by atoms with Crippen molar-refractivity contribution in [2.45, 2.75) is 5.92 Å². The number of anilines is 1. The van der Waals surface area contributed by atoms with Crippen LogP contribution in [0.4, 0.5) is 5.82 Å². The second-order valence-corrected chi connectivity index (χ2v) is 4.71. The van der Waals surface area contributed by atoms with Crippen molar-refractivity contribution in [3.05, 3.63) is 30.0 Å². The Hall–Kier alpha value is -2.70. The average Bonchev–Trinajstić information content (AvgIpc) is 2.56. The van der Waals surface area contributed by atoms with Crippen LogP contribution < -0.4 is 4.90 Å². The van der Waals surface area contributed by atoms with Crippen molar-refractivity contribution < 1.29 is 4.74 Å². The fourth-order valence-electron chi connectivity index (χ4n) is 2.36. The molecular weight excluding hydrogens is 266 g/mol. The van der Waals surface area contributed by atoms with Gasteiger partial charge in [0, 0.05) is 13.1 Å². The van der Waals surface area contributed by atoms with Gasteiger partial charge in [-0.1, -0.05) is 12.1 Å². The van der Waals surface area contributed by atoms with Gasteiger partial charge in [-0.3, -0.25) is 0 Å². The van der Waals surface area contributed by atoms with Crippen LogP contribution in [-0.4, -0.2) is 36.3 Å². The first-order valence-electron chi connectivity index (χ1n) is 6.72. The van der Waals surface area contributed by atoms with E-state index in [4.69, 9.17) is 4.74 Å². The minimum Gasteiger partial charge on any atom is -0.378 e. The predicted molar refractivity (Wildman–Crippen MR) is 76.5 cm³/mol. The third-order valence-corrected chi connectivity index (χ3v) is 3.42. The Labute approximate surface area is 122 Å². The van der Waals surface area contributed by atoms with Crippen LogP contribution in [0.25, 0.3) is 11.0 Å². The fourth-order valence-corrected chi connectivity index (χ4v) is 2.36. The summed E-state index contributed by atoms with van der Waals surface area (Å²) in [5, 5.41) is 18.4. The second kappa shape index (κ2) is 5.74. The van der Waals surface area contributed by atoms with Crippen molar-refractivity contribution in [1.82, 2.24) is 9.97 Å². The Balaban J connectivity index is 2.16. The van der Waals surface area contributed by atoms with E-state index in [9.17, 15) is 10.5 Å². The summed E-state index contributed by atoms with van der Waals surface area (Å²) >= 11 is 0. The molecule has 104 valence electrons. The predicted octanol–water partition coefficient (Wildman–Crippen LogP) is 1.60. The number of nitriles is 2. The second-order valence-electron chi connectivity index (χ2n) is 4.71. The molecule has 0 aliphatic carbocycles. The molecule has 6 nitrogen and oxygen atoms in total. The van der Waals surface area contributed by atoms with Crippen molar-refractivity contribution in [2.24, 2.45) is 0 Å². The van der Waals surface area contributed by atoms with Gasteiger partial charge in [0.1, 0.15) is 5.69 Å². The Morgan fingerprint density at radius 3 is 2.29 bits per heavy atom. The van der Waals surface area contributed by atoms with Gasteiger partial charge in [-0.25, -0.2) is 9.97 Å². The minimum atomic E-state index is -0.917. The molecule has 0 saturated carbocycles. The number of ether oxygens (including phenoxy) is 1. The maximum Gasteiger partial charge on any atom is 0.178 e. The number of fused-ring (bicyclic) bond motifs is 1. The highest BCUT2D eigenvalue weighted by atomic mass is 16.5. The highest BCUT2D eigenvalue weighted by Crippen LogP contribution is 2.27. The summed E-state index contributed by atoms with van der Waals surface area (Å²) in [6.45, 7) is 2.59. The molecule has 1 fully saturated rings. The normalized spacial score (nSPS) is 14.9. The summed E-state index contributed by atoms with van der Waals surface area (Å²) in [7, 11) is 0. The summed E-state index contributed by atoms with van der Waals surface area (Å²) < 4.78 is 5.34. The number of nitrogens with zero attached hydrogens (tertiary/aromatic N) is 5. The molecule has 0 amide bonds. The molecular formula is C15H13N5O. The third-order valence-electron chi connectivity index (χ3n) is 3.42. The molecule has 6 heteroatoms. The number of morpholine rings is 1. The number of aromatic nitrogens is 2. The quantitative estimate of drug-likeness (QED) is 0.830. The molecule has 1 aromatic carbocycles. The Morgan fingerprint density at radius 2 is 1.67 bits per heavy atom. The smallest absolute Gasteiger partial charge is 0.178 e. The van der Waals surface area contributed by atoms with Gasteiger partial charge < -0.3 is 9.64 Å². The lowest BCUT2D eigenvalue weighted by Gasteiger charge is -2.29. The Kier molecular flexibility index (Phi) is 3.63. The van der Waals surface area contributed by atoms with Gasteiger partial charge in [-0.05, 0) is 12.1 Å². The molecule has 0 unspecified atom stereocenters. The summed E-state index contributed by atoms with van der Waals surface area (Å²) in [5.74, 6) is -0.301. The van der Waals surface area contributed by atoms with E-state index in [2.05, 4.69) is 9.97 Å². The Morgan fingerprint density at radius 1 is 1.05 bits per heavy atom. The van der Waals surface area contributed by atoms with Crippen LogP contribution in [0.2, 0.25) is 0 Å². The largest absolute Gasteiger partial charge is 0.378 e. The highest BCUT2D eigenvalue weighted by molar-refractivity contribution is 5.77. The SMILES string of the molecule is N#CC(C#N)c1nc2ccccc2nc1N1CCOCC1. The van der Waals surface area contributed by atoms with Crippen molar-refractivity contribution in [3.8, 4) is 12.1 Å². The zero-order valence-electron chi connectivity index (χ0n) is 11.4. The number of benzene rings is 1. The third kappa shape index (κ3) is 2.49. The van der Waals surface area contributed by atoms with E-state index in [1.807, 2.05) is 41.3 Å². The van der Waals surface area contributed by atoms with Crippen LogP contribution in [-0.2, 0) is 4.74 Å². The number of hydrogen-bond donors (Lipinski definition) is 0. The van der Waals surface area contributed by atoms with E-state index in [0.717, 1.165) is 5.52 Å². The van der Waals surface area contributed by atoms with Gasteiger partial charge in [-0.15, -0.1) is 0 Å². The standard InChI is InChI=1S/C15H13N5O/c16-9-11(10-17)14-15(20-5-7-21-8-6-20)19-13-4-2-1-3-12(13)18-14/h1-4,11H,5-8H2. The minimum absolute atomic E-state index is 0.431. The van der Waals surface area contributed by atoms with Crippen LogP contribution in [0.5, 0.6) is 0 Å². The van der Waals surface area contributed by atoms with Crippen LogP contribution in [0, 0.1) is 22.7 Å². The van der Waals surface area contributed by atoms with Gasteiger partial charge in [0.15, 0.2) is 11.7 Å². The summed E-state index contributed by atoms with van der Waals surface area (Å²) in [6.07, 6.45) is 0. The first kappa shape index (κ1) is 13.3. The first-order valence-corrected chi connectivity index (χ1v) is 6.72. The molecule has 0 spiro atoms. The molecule has 3 rings (SSSR count). The number of hydrogen-bond acceptors (Lipinski definition) is 6.